The Hall–Kier alpha value is -1.03. The van der Waals surface area contributed by atoms with Crippen molar-refractivity contribution in [3.05, 3.63) is 62.5 Å². The van der Waals surface area contributed by atoms with Gasteiger partial charge >= 0.3 is 0 Å². The van der Waals surface area contributed by atoms with Crippen molar-refractivity contribution < 1.29 is 4.79 Å². The predicted octanol–water partition coefficient (Wildman–Crippen LogP) is 5.01. The molecule has 5 heteroatoms. The molecule has 0 spiro atoms. The van der Waals surface area contributed by atoms with Crippen molar-refractivity contribution >= 4 is 50.7 Å². The second-order valence-corrected chi connectivity index (χ2v) is 5.17. The van der Waals surface area contributed by atoms with Gasteiger partial charge in [0.05, 0.1) is 21.3 Å². The van der Waals surface area contributed by atoms with Crippen molar-refractivity contribution in [1.29, 1.82) is 0 Å². The largest absolute Gasteiger partial charge is 0.321 e. The van der Waals surface area contributed by atoms with E-state index in [1.165, 1.54) is 0 Å². The second kappa shape index (κ2) is 5.74. The van der Waals surface area contributed by atoms with Crippen molar-refractivity contribution in [1.82, 2.24) is 0 Å². The molecule has 1 N–H and O–H groups in total. The summed E-state index contributed by atoms with van der Waals surface area (Å²) in [4.78, 5) is 12.1. The highest BCUT2D eigenvalue weighted by molar-refractivity contribution is 9.10. The van der Waals surface area contributed by atoms with Crippen molar-refractivity contribution in [2.45, 2.75) is 0 Å². The minimum atomic E-state index is -0.244. The molecule has 0 aliphatic rings. The Balaban J connectivity index is 2.27. The second-order valence-electron chi connectivity index (χ2n) is 3.54. The number of nitrogens with one attached hydrogen (secondary N) is 1. The number of rotatable bonds is 2. The number of carbonyl (C=O) groups excluding carboxylic acids is 1. The van der Waals surface area contributed by atoms with Gasteiger partial charge in [0.25, 0.3) is 5.91 Å². The van der Waals surface area contributed by atoms with Gasteiger partial charge in [0, 0.05) is 4.47 Å². The Morgan fingerprint density at radius 1 is 1.06 bits per heavy atom. The number of halogens is 3. The molecule has 2 aromatic rings. The number of carbonyl (C=O) groups is 1. The molecule has 0 aliphatic heterocycles. The Labute approximate surface area is 123 Å². The molecule has 0 heterocycles. The summed E-state index contributed by atoms with van der Waals surface area (Å²) in [6.45, 7) is 0. The van der Waals surface area contributed by atoms with Crippen molar-refractivity contribution in [2.75, 3.05) is 5.32 Å². The van der Waals surface area contributed by atoms with Crippen LogP contribution in [-0.2, 0) is 0 Å². The van der Waals surface area contributed by atoms with Gasteiger partial charge in [-0.05, 0) is 40.2 Å². The molecule has 2 nitrogen and oxygen atoms in total. The van der Waals surface area contributed by atoms with E-state index in [0.29, 0.717) is 21.3 Å². The fourth-order valence-corrected chi connectivity index (χ4v) is 2.25. The van der Waals surface area contributed by atoms with Gasteiger partial charge in [-0.25, -0.2) is 0 Å². The van der Waals surface area contributed by atoms with E-state index >= 15 is 0 Å². The number of anilines is 1. The van der Waals surface area contributed by atoms with E-state index in [9.17, 15) is 4.79 Å². The molecule has 0 saturated carbocycles. The number of hydrogen-bond donors (Lipinski definition) is 1. The molecular weight excluding hydrogens is 337 g/mol. The van der Waals surface area contributed by atoms with E-state index in [4.69, 9.17) is 23.2 Å². The van der Waals surface area contributed by atoms with Gasteiger partial charge in [-0.3, -0.25) is 4.79 Å². The van der Waals surface area contributed by atoms with Crippen LogP contribution in [0.1, 0.15) is 10.4 Å². The van der Waals surface area contributed by atoms with Crippen LogP contribution in [-0.4, -0.2) is 5.91 Å². The predicted molar refractivity (Wildman–Crippen MR) is 78.6 cm³/mol. The molecule has 0 radical (unpaired) electrons. The molecule has 2 aromatic carbocycles. The number of amides is 1. The average Bonchev–Trinajstić information content (AvgIpc) is 2.35. The van der Waals surface area contributed by atoms with E-state index in [1.54, 1.807) is 36.4 Å². The Bertz CT molecular complexity index is 601. The smallest absolute Gasteiger partial charge is 0.256 e. The summed E-state index contributed by atoms with van der Waals surface area (Å²) >= 11 is 15.2. The van der Waals surface area contributed by atoms with Crippen LogP contribution in [0.5, 0.6) is 0 Å². The molecule has 1 amide bonds. The van der Waals surface area contributed by atoms with Gasteiger partial charge in [0.1, 0.15) is 0 Å². The summed E-state index contributed by atoms with van der Waals surface area (Å²) in [6.07, 6.45) is 0. The van der Waals surface area contributed by atoms with E-state index in [0.717, 1.165) is 4.47 Å². The lowest BCUT2D eigenvalue weighted by atomic mass is 10.2. The Morgan fingerprint density at radius 3 is 2.50 bits per heavy atom. The molecule has 0 aliphatic carbocycles. The monoisotopic (exact) mass is 343 g/mol. The van der Waals surface area contributed by atoms with Crippen molar-refractivity contribution in [3.8, 4) is 0 Å². The zero-order chi connectivity index (χ0) is 13.1. The summed E-state index contributed by atoms with van der Waals surface area (Å²) in [5.74, 6) is -0.244. The van der Waals surface area contributed by atoms with Crippen LogP contribution in [0.4, 0.5) is 5.69 Å². The van der Waals surface area contributed by atoms with Gasteiger partial charge in [0.2, 0.25) is 0 Å². The van der Waals surface area contributed by atoms with Crippen LogP contribution in [0.25, 0.3) is 0 Å². The lowest BCUT2D eigenvalue weighted by Gasteiger charge is -2.09. The highest BCUT2D eigenvalue weighted by Gasteiger charge is 2.12. The highest BCUT2D eigenvalue weighted by atomic mass is 79.9. The first-order chi connectivity index (χ1) is 8.59. The van der Waals surface area contributed by atoms with Gasteiger partial charge in [-0.15, -0.1) is 0 Å². The minimum Gasteiger partial charge on any atom is -0.321 e. The Kier molecular flexibility index (Phi) is 4.27. The summed E-state index contributed by atoms with van der Waals surface area (Å²) in [5, 5.41) is 3.46. The zero-order valence-electron chi connectivity index (χ0n) is 9.08. The van der Waals surface area contributed by atoms with Crippen molar-refractivity contribution in [2.24, 2.45) is 0 Å². The maximum atomic E-state index is 12.1. The quantitative estimate of drug-likeness (QED) is 0.815. The summed E-state index contributed by atoms with van der Waals surface area (Å²) in [7, 11) is 0. The molecule has 0 bridgehead atoms. The van der Waals surface area contributed by atoms with Gasteiger partial charge < -0.3 is 5.32 Å². The number of hydrogen-bond acceptors (Lipinski definition) is 1. The van der Waals surface area contributed by atoms with E-state index in [-0.39, 0.29) is 5.91 Å². The lowest BCUT2D eigenvalue weighted by molar-refractivity contribution is 0.102. The summed E-state index contributed by atoms with van der Waals surface area (Å²) in [5.41, 5.74) is 1.03. The topological polar surface area (TPSA) is 29.1 Å². The van der Waals surface area contributed by atoms with Crippen LogP contribution in [0.2, 0.25) is 10.0 Å². The Morgan fingerprint density at radius 2 is 1.78 bits per heavy atom. The third-order valence-electron chi connectivity index (χ3n) is 2.32. The maximum absolute atomic E-state index is 12.1. The van der Waals surface area contributed by atoms with E-state index in [2.05, 4.69) is 21.2 Å². The first-order valence-electron chi connectivity index (χ1n) is 5.09. The summed E-state index contributed by atoms with van der Waals surface area (Å²) in [6, 6.07) is 12.2. The fraction of sp³-hybridized carbons (Fsp3) is 0. The third kappa shape index (κ3) is 2.86. The standard InChI is InChI=1S/C13H8BrCl2NO/c14-9-5-2-1-4-8(9)13(18)17-11-7-3-6-10(15)12(11)16/h1-7H,(H,17,18). The highest BCUT2D eigenvalue weighted by Crippen LogP contribution is 2.30. The third-order valence-corrected chi connectivity index (χ3v) is 3.83. The van der Waals surface area contributed by atoms with Crippen molar-refractivity contribution in [3.63, 3.8) is 0 Å². The first kappa shape index (κ1) is 13.4. The molecule has 0 saturated heterocycles. The van der Waals surface area contributed by atoms with Crippen LogP contribution in [0.15, 0.2) is 46.9 Å². The number of benzene rings is 2. The molecule has 0 atom stereocenters. The van der Waals surface area contributed by atoms with Crippen LogP contribution < -0.4 is 5.32 Å². The fourth-order valence-electron chi connectivity index (χ4n) is 1.44. The molecule has 92 valence electrons. The molecule has 18 heavy (non-hydrogen) atoms. The SMILES string of the molecule is O=C(Nc1cccc(Cl)c1Cl)c1ccccc1Br. The molecule has 0 unspecified atom stereocenters. The molecule has 2 rings (SSSR count). The van der Waals surface area contributed by atoms with Crippen LogP contribution >= 0.6 is 39.1 Å². The lowest BCUT2D eigenvalue weighted by Crippen LogP contribution is -2.12. The van der Waals surface area contributed by atoms with Gasteiger partial charge in [0.15, 0.2) is 0 Å². The van der Waals surface area contributed by atoms with E-state index in [1.807, 2.05) is 6.07 Å². The molecule has 0 fully saturated rings. The first-order valence-corrected chi connectivity index (χ1v) is 6.64. The zero-order valence-corrected chi connectivity index (χ0v) is 12.2. The average molecular weight is 345 g/mol. The van der Waals surface area contributed by atoms with Gasteiger partial charge in [-0.2, -0.15) is 0 Å². The minimum absolute atomic E-state index is 0.244. The maximum Gasteiger partial charge on any atom is 0.256 e. The van der Waals surface area contributed by atoms with Crippen LogP contribution in [0.3, 0.4) is 0 Å². The van der Waals surface area contributed by atoms with E-state index < -0.39 is 0 Å². The molecule has 0 aromatic heterocycles. The summed E-state index contributed by atoms with van der Waals surface area (Å²) < 4.78 is 0.723. The van der Waals surface area contributed by atoms with Crippen LogP contribution in [0, 0.1) is 0 Å². The van der Waals surface area contributed by atoms with Gasteiger partial charge in [-0.1, -0.05) is 41.4 Å². The normalized spacial score (nSPS) is 10.2. The molecular formula is C13H8BrCl2NO.